The first-order chi connectivity index (χ1) is 5.61. The van der Waals surface area contributed by atoms with Crippen LogP contribution in [-0.2, 0) is 0 Å². The molecule has 0 radical (unpaired) electrons. The Hall–Kier alpha value is -1.16. The lowest BCUT2D eigenvalue weighted by Gasteiger charge is -2.09. The minimum Gasteiger partial charge on any atom is -0.402 e. The van der Waals surface area contributed by atoms with Crippen LogP contribution >= 0.6 is 0 Å². The first kappa shape index (κ1) is 10.8. The van der Waals surface area contributed by atoms with Crippen molar-refractivity contribution in [1.82, 2.24) is 0 Å². The van der Waals surface area contributed by atoms with Gasteiger partial charge in [0.1, 0.15) is 0 Å². The zero-order chi connectivity index (χ0) is 9.56. The van der Waals surface area contributed by atoms with Crippen molar-refractivity contribution < 1.29 is 0 Å². The van der Waals surface area contributed by atoms with Gasteiger partial charge >= 0.3 is 0 Å². The summed E-state index contributed by atoms with van der Waals surface area (Å²) >= 11 is 0. The first-order valence-electron chi connectivity index (χ1n) is 4.20. The molecule has 0 aliphatic carbocycles. The van der Waals surface area contributed by atoms with E-state index in [2.05, 4.69) is 25.5 Å². The Morgan fingerprint density at radius 2 is 2.33 bits per heavy atom. The molecule has 0 aromatic heterocycles. The van der Waals surface area contributed by atoms with Crippen molar-refractivity contribution in [3.63, 3.8) is 0 Å². The predicted molar refractivity (Wildman–Crippen MR) is 54.3 cm³/mol. The summed E-state index contributed by atoms with van der Waals surface area (Å²) in [4.78, 5) is 0. The molecule has 1 nitrogen and oxygen atoms in total. The molecule has 1 unspecified atom stereocenters. The largest absolute Gasteiger partial charge is 0.402 e. The zero-order valence-electron chi connectivity index (χ0n) is 7.93. The second kappa shape index (κ2) is 5.49. The summed E-state index contributed by atoms with van der Waals surface area (Å²) in [5.74, 6) is 2.86. The maximum absolute atomic E-state index is 5.51. The number of terminal acetylenes is 1. The van der Waals surface area contributed by atoms with Crippen LogP contribution in [0.3, 0.4) is 0 Å². The van der Waals surface area contributed by atoms with Crippen LogP contribution in [0.1, 0.15) is 26.7 Å². The molecule has 12 heavy (non-hydrogen) atoms. The first-order valence-corrected chi connectivity index (χ1v) is 4.20. The van der Waals surface area contributed by atoms with Gasteiger partial charge in [0, 0.05) is 18.0 Å². The van der Waals surface area contributed by atoms with Crippen molar-refractivity contribution in [2.75, 3.05) is 0 Å². The molecular formula is C11H17N. The molecule has 0 aliphatic heterocycles. The van der Waals surface area contributed by atoms with Crippen molar-refractivity contribution in [2.24, 2.45) is 11.7 Å². The van der Waals surface area contributed by atoms with Crippen molar-refractivity contribution in [3.8, 4) is 12.3 Å². The van der Waals surface area contributed by atoms with E-state index in [-0.39, 0.29) is 5.92 Å². The zero-order valence-corrected chi connectivity index (χ0v) is 7.93. The Morgan fingerprint density at radius 1 is 1.75 bits per heavy atom. The van der Waals surface area contributed by atoms with Gasteiger partial charge in [0.2, 0.25) is 0 Å². The van der Waals surface area contributed by atoms with E-state index in [1.165, 1.54) is 5.57 Å². The van der Waals surface area contributed by atoms with Gasteiger partial charge in [-0.25, -0.2) is 0 Å². The molecule has 0 saturated heterocycles. The summed E-state index contributed by atoms with van der Waals surface area (Å²) < 4.78 is 0. The van der Waals surface area contributed by atoms with E-state index in [0.717, 1.165) is 12.8 Å². The van der Waals surface area contributed by atoms with Gasteiger partial charge in [-0.05, 0) is 13.3 Å². The van der Waals surface area contributed by atoms with Crippen molar-refractivity contribution in [3.05, 3.63) is 23.9 Å². The second-order valence-electron chi connectivity index (χ2n) is 2.91. The monoisotopic (exact) mass is 163 g/mol. The van der Waals surface area contributed by atoms with Gasteiger partial charge in [-0.15, -0.1) is 6.42 Å². The summed E-state index contributed by atoms with van der Waals surface area (Å²) in [6.45, 7) is 7.75. The van der Waals surface area contributed by atoms with Crippen LogP contribution in [0.25, 0.3) is 0 Å². The molecule has 0 aromatic rings. The van der Waals surface area contributed by atoms with E-state index in [4.69, 9.17) is 12.2 Å². The molecule has 0 aliphatic rings. The number of hydrogen-bond acceptors (Lipinski definition) is 1. The molecular weight excluding hydrogens is 146 g/mol. The topological polar surface area (TPSA) is 26.0 Å². The summed E-state index contributed by atoms with van der Waals surface area (Å²) in [7, 11) is 0. The molecule has 0 aromatic carbocycles. The van der Waals surface area contributed by atoms with Gasteiger partial charge < -0.3 is 5.73 Å². The maximum atomic E-state index is 5.51. The number of allylic oxidation sites excluding steroid dienone is 2. The van der Waals surface area contributed by atoms with Crippen molar-refractivity contribution >= 4 is 0 Å². The van der Waals surface area contributed by atoms with Crippen LogP contribution in [0.5, 0.6) is 0 Å². The van der Waals surface area contributed by atoms with Gasteiger partial charge in [0.25, 0.3) is 0 Å². The highest BCUT2D eigenvalue weighted by Crippen LogP contribution is 2.16. The Bertz CT molecular complexity index is 218. The lowest BCUT2D eigenvalue weighted by molar-refractivity contribution is 0.831. The Morgan fingerprint density at radius 3 is 2.67 bits per heavy atom. The Balaban J connectivity index is 4.36. The van der Waals surface area contributed by atoms with E-state index in [1.54, 1.807) is 0 Å². The lowest BCUT2D eigenvalue weighted by Crippen LogP contribution is -2.02. The molecule has 0 heterocycles. The summed E-state index contributed by atoms with van der Waals surface area (Å²) in [5, 5.41) is 0. The molecule has 0 saturated carbocycles. The molecule has 1 heteroatoms. The molecule has 2 N–H and O–H groups in total. The van der Waals surface area contributed by atoms with E-state index in [9.17, 15) is 0 Å². The fourth-order valence-corrected chi connectivity index (χ4v) is 1.03. The van der Waals surface area contributed by atoms with Gasteiger partial charge in [-0.1, -0.05) is 31.1 Å². The van der Waals surface area contributed by atoms with E-state index in [0.29, 0.717) is 5.70 Å². The minimum atomic E-state index is 0.172. The second-order valence-corrected chi connectivity index (χ2v) is 2.91. The highest BCUT2D eigenvalue weighted by atomic mass is 14.6. The number of rotatable bonds is 4. The molecule has 0 rings (SSSR count). The molecule has 0 bridgehead atoms. The average molecular weight is 163 g/mol. The highest BCUT2D eigenvalue weighted by molar-refractivity contribution is 5.20. The van der Waals surface area contributed by atoms with Crippen LogP contribution in [0, 0.1) is 18.3 Å². The van der Waals surface area contributed by atoms with Crippen LogP contribution in [0.15, 0.2) is 23.9 Å². The summed E-state index contributed by atoms with van der Waals surface area (Å²) in [5.41, 5.74) is 7.39. The van der Waals surface area contributed by atoms with E-state index >= 15 is 0 Å². The fourth-order valence-electron chi connectivity index (χ4n) is 1.03. The third-order valence-electron chi connectivity index (χ3n) is 1.70. The number of hydrogen-bond donors (Lipinski definition) is 1. The lowest BCUT2D eigenvalue weighted by atomic mass is 9.97. The highest BCUT2D eigenvalue weighted by Gasteiger charge is 2.04. The summed E-state index contributed by atoms with van der Waals surface area (Å²) in [6.07, 6.45) is 9.16. The van der Waals surface area contributed by atoms with E-state index < -0.39 is 0 Å². The van der Waals surface area contributed by atoms with Gasteiger partial charge in [-0.3, -0.25) is 0 Å². The third-order valence-corrected chi connectivity index (χ3v) is 1.70. The Kier molecular flexibility index (Phi) is 4.96. The predicted octanol–water partition coefficient (Wildman–Crippen LogP) is 2.45. The molecule has 0 fully saturated rings. The van der Waals surface area contributed by atoms with E-state index in [1.807, 2.05) is 6.92 Å². The smallest absolute Gasteiger partial charge is 0.0384 e. The molecule has 1 atom stereocenters. The van der Waals surface area contributed by atoms with Crippen LogP contribution in [0.4, 0.5) is 0 Å². The summed E-state index contributed by atoms with van der Waals surface area (Å²) in [6, 6.07) is 0. The molecule has 66 valence electrons. The van der Waals surface area contributed by atoms with Crippen molar-refractivity contribution in [1.29, 1.82) is 0 Å². The fraction of sp³-hybridized carbons (Fsp3) is 0.455. The minimum absolute atomic E-state index is 0.172. The van der Waals surface area contributed by atoms with Crippen LogP contribution < -0.4 is 5.73 Å². The van der Waals surface area contributed by atoms with Gasteiger partial charge in [0.15, 0.2) is 0 Å². The molecule has 0 spiro atoms. The third kappa shape index (κ3) is 3.88. The van der Waals surface area contributed by atoms with Crippen molar-refractivity contribution in [2.45, 2.75) is 26.7 Å². The van der Waals surface area contributed by atoms with Crippen LogP contribution in [-0.4, -0.2) is 0 Å². The standard InChI is InChI=1S/C11H17N/c1-5-7-11(8-10(4)12)9(3)6-2/h2,7,9H,4-5,8,12H2,1,3H3. The van der Waals surface area contributed by atoms with Crippen LogP contribution in [0.2, 0.25) is 0 Å². The van der Waals surface area contributed by atoms with Gasteiger partial charge in [-0.2, -0.15) is 0 Å². The SMILES string of the molecule is C#CC(C)C(=CCC)CC(=C)N. The molecule has 0 amide bonds. The normalized spacial score (nSPS) is 13.6. The number of nitrogens with two attached hydrogens (primary N) is 1. The average Bonchev–Trinajstić information content (AvgIpc) is 2.01. The van der Waals surface area contributed by atoms with Gasteiger partial charge in [0.05, 0.1) is 0 Å². The Labute approximate surface area is 75.3 Å². The maximum Gasteiger partial charge on any atom is 0.0384 e. The quantitative estimate of drug-likeness (QED) is 0.500.